The highest BCUT2D eigenvalue weighted by Crippen LogP contribution is 2.40. The third-order valence-electron chi connectivity index (χ3n) is 7.78. The highest BCUT2D eigenvalue weighted by molar-refractivity contribution is 7.91. The third-order valence-corrected chi connectivity index (χ3v) is 10.3. The second-order valence-corrected chi connectivity index (χ2v) is 13.4. The van der Waals surface area contributed by atoms with Gasteiger partial charge in [0.1, 0.15) is 5.65 Å². The molecule has 8 nitrogen and oxygen atoms in total. The maximum Gasteiger partial charge on any atom is 0.433 e. The van der Waals surface area contributed by atoms with Crippen LogP contribution < -0.4 is 15.8 Å². The summed E-state index contributed by atoms with van der Waals surface area (Å²) in [5.74, 6) is -0.950. The van der Waals surface area contributed by atoms with Crippen molar-refractivity contribution >= 4 is 56.4 Å². The van der Waals surface area contributed by atoms with Crippen molar-refractivity contribution in [3.05, 3.63) is 75.3 Å². The SMILES string of the molecule is C=C(c1cc2cnc(Nc3ccc(N4CCN(C)CC4)cc3)nc2n(Cc2sccc2[S+]([O-])CC(F)(F)F)c1=O)C1CC1. The fraction of sp³-hybridized carbons (Fsp3) is 0.367. The molecule has 43 heavy (non-hydrogen) atoms. The zero-order valence-corrected chi connectivity index (χ0v) is 25.2. The number of rotatable bonds is 9. The molecule has 4 heterocycles. The Morgan fingerprint density at radius 2 is 1.88 bits per heavy atom. The number of likely N-dealkylation sites (N-methyl/N-ethyl adjacent to an activating group) is 1. The van der Waals surface area contributed by atoms with Crippen LogP contribution >= 0.6 is 11.3 Å². The second kappa shape index (κ2) is 11.9. The number of anilines is 3. The Bertz CT molecular complexity index is 1690. The molecular weight excluding hydrogens is 597 g/mol. The van der Waals surface area contributed by atoms with Crippen LogP contribution in [-0.4, -0.2) is 69.1 Å². The molecule has 3 aromatic heterocycles. The van der Waals surface area contributed by atoms with Crippen molar-refractivity contribution in [2.45, 2.75) is 30.5 Å². The first-order valence-electron chi connectivity index (χ1n) is 14.0. The Morgan fingerprint density at radius 1 is 1.16 bits per heavy atom. The largest absolute Gasteiger partial charge is 0.611 e. The summed E-state index contributed by atoms with van der Waals surface area (Å²) in [6, 6.07) is 11.1. The Kier molecular flexibility index (Phi) is 8.24. The van der Waals surface area contributed by atoms with Crippen molar-refractivity contribution in [1.82, 2.24) is 19.4 Å². The van der Waals surface area contributed by atoms with E-state index in [1.807, 2.05) is 24.3 Å². The summed E-state index contributed by atoms with van der Waals surface area (Å²) in [7, 11) is 2.12. The van der Waals surface area contributed by atoms with Crippen LogP contribution in [0.2, 0.25) is 0 Å². The number of nitrogens with one attached hydrogen (secondary N) is 1. The monoisotopic (exact) mass is 628 g/mol. The molecule has 0 amide bonds. The van der Waals surface area contributed by atoms with Gasteiger partial charge in [-0.2, -0.15) is 18.2 Å². The van der Waals surface area contributed by atoms with Gasteiger partial charge in [0, 0.05) is 60.8 Å². The first kappa shape index (κ1) is 29.7. The Hall–Kier alpha value is -3.39. The number of fused-ring (bicyclic) bond motifs is 1. The molecule has 2 fully saturated rings. The maximum absolute atomic E-state index is 13.8. The van der Waals surface area contributed by atoms with Crippen LogP contribution in [0.15, 0.2) is 64.2 Å². The minimum absolute atomic E-state index is 0.0710. The number of hydrogen-bond donors (Lipinski definition) is 1. The van der Waals surface area contributed by atoms with Gasteiger partial charge in [0.05, 0.1) is 11.4 Å². The number of hydrogen-bond acceptors (Lipinski definition) is 8. The van der Waals surface area contributed by atoms with Gasteiger partial charge in [-0.25, -0.2) is 4.98 Å². The van der Waals surface area contributed by atoms with Crippen LogP contribution in [0.5, 0.6) is 0 Å². The van der Waals surface area contributed by atoms with Gasteiger partial charge in [-0.3, -0.25) is 9.36 Å². The second-order valence-electron chi connectivity index (χ2n) is 11.0. The molecule has 1 unspecified atom stereocenters. The summed E-state index contributed by atoms with van der Waals surface area (Å²) in [6.45, 7) is 8.01. The summed E-state index contributed by atoms with van der Waals surface area (Å²) in [5.41, 5.74) is 3.05. The van der Waals surface area contributed by atoms with Crippen LogP contribution in [0.1, 0.15) is 23.3 Å². The molecule has 0 radical (unpaired) electrons. The minimum Gasteiger partial charge on any atom is -0.611 e. The van der Waals surface area contributed by atoms with Gasteiger partial charge in [-0.1, -0.05) is 6.58 Å². The van der Waals surface area contributed by atoms with E-state index in [1.54, 1.807) is 17.6 Å². The van der Waals surface area contributed by atoms with Crippen LogP contribution in [-0.2, 0) is 17.7 Å². The lowest BCUT2D eigenvalue weighted by molar-refractivity contribution is -0.106. The fourth-order valence-corrected chi connectivity index (χ4v) is 7.47. The molecule has 0 bridgehead atoms. The van der Waals surface area contributed by atoms with Gasteiger partial charge in [0.2, 0.25) is 11.7 Å². The molecule has 1 aliphatic heterocycles. The van der Waals surface area contributed by atoms with E-state index in [4.69, 9.17) is 0 Å². The van der Waals surface area contributed by atoms with Crippen molar-refractivity contribution in [1.29, 1.82) is 0 Å². The molecular formula is C30H31F3N6O2S2. The Morgan fingerprint density at radius 3 is 2.56 bits per heavy atom. The van der Waals surface area contributed by atoms with Crippen LogP contribution in [0, 0.1) is 5.92 Å². The van der Waals surface area contributed by atoms with Crippen LogP contribution in [0.4, 0.5) is 30.5 Å². The molecule has 0 spiro atoms. The van der Waals surface area contributed by atoms with Gasteiger partial charge in [0.25, 0.3) is 5.56 Å². The molecule has 2 aliphatic rings. The van der Waals surface area contributed by atoms with Crippen molar-refractivity contribution in [3.63, 3.8) is 0 Å². The summed E-state index contributed by atoms with van der Waals surface area (Å²) < 4.78 is 53.1. The lowest BCUT2D eigenvalue weighted by Gasteiger charge is -2.34. The fourth-order valence-electron chi connectivity index (χ4n) is 5.21. The topological polar surface area (TPSA) is 89.3 Å². The van der Waals surface area contributed by atoms with Crippen molar-refractivity contribution in [2.24, 2.45) is 5.92 Å². The molecule has 4 aromatic rings. The van der Waals surface area contributed by atoms with E-state index < -0.39 is 23.1 Å². The number of pyridine rings is 1. The molecule has 1 N–H and O–H groups in total. The molecule has 13 heteroatoms. The molecule has 6 rings (SSSR count). The van der Waals surface area contributed by atoms with E-state index in [2.05, 4.69) is 38.7 Å². The average Bonchev–Trinajstić information content (AvgIpc) is 3.72. The number of nitrogens with zero attached hydrogens (tertiary/aromatic N) is 5. The summed E-state index contributed by atoms with van der Waals surface area (Å²) >= 11 is -1.13. The first-order chi connectivity index (χ1) is 20.6. The number of halogens is 3. The Balaban J connectivity index is 1.32. The van der Waals surface area contributed by atoms with E-state index >= 15 is 0 Å². The number of piperazine rings is 1. The zero-order chi connectivity index (χ0) is 30.3. The molecule has 226 valence electrons. The molecule has 1 atom stereocenters. The van der Waals surface area contributed by atoms with E-state index in [9.17, 15) is 22.5 Å². The average molecular weight is 629 g/mol. The van der Waals surface area contributed by atoms with Crippen molar-refractivity contribution in [2.75, 3.05) is 49.2 Å². The first-order valence-corrected chi connectivity index (χ1v) is 16.2. The van der Waals surface area contributed by atoms with E-state index in [1.165, 1.54) is 10.6 Å². The van der Waals surface area contributed by atoms with Crippen molar-refractivity contribution in [3.8, 4) is 0 Å². The number of alkyl halides is 3. The standard InChI is InChI=1S/C30H31F3N6O2S2/c1-19(20-3-4-20)24-15-21-16-34-29(35-22-5-7-23(8-6-22)38-12-10-37(2)11-13-38)36-27(21)39(28(24)40)17-25-26(9-14-42-25)43(41)18-30(31,32)33/h5-9,14-16,20H,1,3-4,10-13,17-18H2,2H3,(H,34,35,36). The number of allylic oxidation sites excluding steroid dienone is 1. The quantitative estimate of drug-likeness (QED) is 0.245. The highest BCUT2D eigenvalue weighted by atomic mass is 32.2. The lowest BCUT2D eigenvalue weighted by atomic mass is 10.0. The summed E-state index contributed by atoms with van der Waals surface area (Å²) in [6.07, 6.45) is -1.05. The van der Waals surface area contributed by atoms with Gasteiger partial charge in [-0.05, 0) is 78.3 Å². The van der Waals surface area contributed by atoms with Crippen LogP contribution in [0.25, 0.3) is 16.6 Å². The van der Waals surface area contributed by atoms with Gasteiger partial charge in [-0.15, -0.1) is 11.3 Å². The lowest BCUT2D eigenvalue weighted by Crippen LogP contribution is -2.44. The molecule has 1 aliphatic carbocycles. The van der Waals surface area contributed by atoms with Gasteiger partial charge in [0.15, 0.2) is 4.90 Å². The summed E-state index contributed by atoms with van der Waals surface area (Å²) in [5, 5.41) is 5.40. The number of aromatic nitrogens is 3. The predicted molar refractivity (Wildman–Crippen MR) is 166 cm³/mol. The van der Waals surface area contributed by atoms with E-state index in [0.717, 1.165) is 67.3 Å². The van der Waals surface area contributed by atoms with Gasteiger partial charge < -0.3 is 19.7 Å². The predicted octanol–water partition coefficient (Wildman–Crippen LogP) is 5.49. The van der Waals surface area contributed by atoms with Crippen LogP contribution in [0.3, 0.4) is 0 Å². The van der Waals surface area contributed by atoms with E-state index in [0.29, 0.717) is 21.5 Å². The maximum atomic E-state index is 13.8. The highest BCUT2D eigenvalue weighted by Gasteiger charge is 2.37. The number of thiophene rings is 1. The Labute approximate surface area is 254 Å². The zero-order valence-electron chi connectivity index (χ0n) is 23.6. The summed E-state index contributed by atoms with van der Waals surface area (Å²) in [4.78, 5) is 28.1. The van der Waals surface area contributed by atoms with E-state index in [-0.39, 0.29) is 28.9 Å². The number of benzene rings is 1. The molecule has 1 saturated heterocycles. The smallest absolute Gasteiger partial charge is 0.433 e. The van der Waals surface area contributed by atoms with Crippen molar-refractivity contribution < 1.29 is 17.7 Å². The van der Waals surface area contributed by atoms with Gasteiger partial charge >= 0.3 is 6.18 Å². The minimum atomic E-state index is -4.58. The third kappa shape index (κ3) is 6.74. The molecule has 1 aromatic carbocycles. The molecule has 1 saturated carbocycles. The normalized spacial score (nSPS) is 16.9.